The van der Waals surface area contributed by atoms with Crippen LogP contribution in [0.1, 0.15) is 37.2 Å². The number of ether oxygens (including phenoxy) is 1. The van der Waals surface area contributed by atoms with Gasteiger partial charge in [0.25, 0.3) is 0 Å². The van der Waals surface area contributed by atoms with Gasteiger partial charge in [0.15, 0.2) is 5.78 Å². The molecule has 0 spiro atoms. The minimum absolute atomic E-state index is 0.113. The SMILES string of the molecule is CCCCOc1cc(Cl)cnc1C(C)=O. The van der Waals surface area contributed by atoms with Crippen LogP contribution in [0.3, 0.4) is 0 Å². The molecule has 0 aliphatic heterocycles. The Balaban J connectivity index is 2.82. The van der Waals surface area contributed by atoms with Crippen molar-refractivity contribution in [3.63, 3.8) is 0 Å². The van der Waals surface area contributed by atoms with E-state index in [0.717, 1.165) is 12.8 Å². The zero-order valence-corrected chi connectivity index (χ0v) is 9.67. The monoisotopic (exact) mass is 227 g/mol. The average molecular weight is 228 g/mol. The number of pyridine rings is 1. The van der Waals surface area contributed by atoms with E-state index in [4.69, 9.17) is 16.3 Å². The number of ketones is 1. The largest absolute Gasteiger partial charge is 0.491 e. The number of nitrogens with zero attached hydrogens (tertiary/aromatic N) is 1. The maximum atomic E-state index is 11.2. The number of unbranched alkanes of at least 4 members (excludes halogenated alkanes) is 1. The number of hydrogen-bond donors (Lipinski definition) is 0. The first-order chi connectivity index (χ1) is 7.15. The smallest absolute Gasteiger partial charge is 0.181 e. The normalized spacial score (nSPS) is 10.1. The summed E-state index contributed by atoms with van der Waals surface area (Å²) in [5.74, 6) is 0.363. The summed E-state index contributed by atoms with van der Waals surface area (Å²) in [4.78, 5) is 15.2. The van der Waals surface area contributed by atoms with Crippen LogP contribution in [-0.2, 0) is 0 Å². The minimum Gasteiger partial charge on any atom is -0.491 e. The van der Waals surface area contributed by atoms with E-state index in [9.17, 15) is 4.79 Å². The third kappa shape index (κ3) is 3.51. The molecular weight excluding hydrogens is 214 g/mol. The van der Waals surface area contributed by atoms with Gasteiger partial charge in [-0.15, -0.1) is 0 Å². The summed E-state index contributed by atoms with van der Waals surface area (Å²) in [6.07, 6.45) is 3.44. The van der Waals surface area contributed by atoms with Gasteiger partial charge < -0.3 is 4.74 Å². The number of carbonyl (C=O) groups is 1. The fourth-order valence-corrected chi connectivity index (χ4v) is 1.27. The third-order valence-corrected chi connectivity index (χ3v) is 2.11. The molecule has 1 aromatic rings. The van der Waals surface area contributed by atoms with E-state index >= 15 is 0 Å². The zero-order chi connectivity index (χ0) is 11.3. The maximum Gasteiger partial charge on any atom is 0.181 e. The number of aromatic nitrogens is 1. The van der Waals surface area contributed by atoms with Gasteiger partial charge in [0, 0.05) is 19.2 Å². The Morgan fingerprint density at radius 3 is 2.93 bits per heavy atom. The Kier molecular flexibility index (Phi) is 4.56. The standard InChI is InChI=1S/C11H14ClNO2/c1-3-4-5-15-10-6-9(12)7-13-11(10)8(2)14/h6-7H,3-5H2,1-2H3. The summed E-state index contributed by atoms with van der Waals surface area (Å²) in [5.41, 5.74) is 0.343. The molecule has 0 aliphatic rings. The molecule has 0 amide bonds. The highest BCUT2D eigenvalue weighted by molar-refractivity contribution is 6.30. The van der Waals surface area contributed by atoms with Gasteiger partial charge in [-0.05, 0) is 6.42 Å². The second-order valence-electron chi connectivity index (χ2n) is 3.26. The van der Waals surface area contributed by atoms with E-state index < -0.39 is 0 Å². The van der Waals surface area contributed by atoms with Crippen LogP contribution in [0.4, 0.5) is 0 Å². The van der Waals surface area contributed by atoms with Crippen molar-refractivity contribution >= 4 is 17.4 Å². The fraction of sp³-hybridized carbons (Fsp3) is 0.455. The predicted molar refractivity (Wildman–Crippen MR) is 59.7 cm³/mol. The van der Waals surface area contributed by atoms with E-state index in [1.54, 1.807) is 6.07 Å². The van der Waals surface area contributed by atoms with Crippen molar-refractivity contribution in [1.82, 2.24) is 4.98 Å². The van der Waals surface area contributed by atoms with Crippen LogP contribution in [0.25, 0.3) is 0 Å². The molecule has 0 N–H and O–H groups in total. The first-order valence-electron chi connectivity index (χ1n) is 4.94. The second-order valence-corrected chi connectivity index (χ2v) is 3.69. The van der Waals surface area contributed by atoms with E-state index in [1.165, 1.54) is 13.1 Å². The maximum absolute atomic E-state index is 11.2. The highest BCUT2D eigenvalue weighted by atomic mass is 35.5. The van der Waals surface area contributed by atoms with Crippen LogP contribution in [-0.4, -0.2) is 17.4 Å². The van der Waals surface area contributed by atoms with Gasteiger partial charge in [-0.25, -0.2) is 4.98 Å². The molecule has 0 radical (unpaired) electrons. The summed E-state index contributed by atoms with van der Waals surface area (Å²) >= 11 is 5.78. The number of carbonyl (C=O) groups excluding carboxylic acids is 1. The van der Waals surface area contributed by atoms with E-state index in [1.807, 2.05) is 0 Å². The van der Waals surface area contributed by atoms with Gasteiger partial charge in [-0.1, -0.05) is 24.9 Å². The van der Waals surface area contributed by atoms with Gasteiger partial charge in [-0.2, -0.15) is 0 Å². The van der Waals surface area contributed by atoms with Crippen molar-refractivity contribution in [2.24, 2.45) is 0 Å². The topological polar surface area (TPSA) is 39.2 Å². The molecule has 82 valence electrons. The summed E-state index contributed by atoms with van der Waals surface area (Å²) in [6.45, 7) is 4.12. The van der Waals surface area contributed by atoms with Gasteiger partial charge >= 0.3 is 0 Å². The van der Waals surface area contributed by atoms with Crippen LogP contribution < -0.4 is 4.74 Å². The second kappa shape index (κ2) is 5.71. The molecule has 0 aliphatic carbocycles. The lowest BCUT2D eigenvalue weighted by Gasteiger charge is -2.08. The molecule has 0 unspecified atom stereocenters. The number of rotatable bonds is 5. The van der Waals surface area contributed by atoms with Crippen LogP contribution in [0.15, 0.2) is 12.3 Å². The Morgan fingerprint density at radius 1 is 1.60 bits per heavy atom. The minimum atomic E-state index is -0.113. The van der Waals surface area contributed by atoms with Crippen molar-refractivity contribution in [2.75, 3.05) is 6.61 Å². The summed E-state index contributed by atoms with van der Waals surface area (Å²) < 4.78 is 5.45. The number of Topliss-reactive ketones (excluding diaryl/α,β-unsaturated/α-hetero) is 1. The first-order valence-corrected chi connectivity index (χ1v) is 5.32. The van der Waals surface area contributed by atoms with Crippen molar-refractivity contribution in [1.29, 1.82) is 0 Å². The summed E-state index contributed by atoms with van der Waals surface area (Å²) in [7, 11) is 0. The van der Waals surface area contributed by atoms with Gasteiger partial charge in [0.1, 0.15) is 11.4 Å². The van der Waals surface area contributed by atoms with Crippen molar-refractivity contribution in [3.05, 3.63) is 23.0 Å². The lowest BCUT2D eigenvalue weighted by molar-refractivity contribution is 0.100. The van der Waals surface area contributed by atoms with Gasteiger partial charge in [0.05, 0.1) is 11.6 Å². The van der Waals surface area contributed by atoms with E-state index in [0.29, 0.717) is 23.1 Å². The molecule has 0 fully saturated rings. The molecule has 0 aromatic carbocycles. The molecule has 1 aromatic heterocycles. The molecule has 0 atom stereocenters. The lowest BCUT2D eigenvalue weighted by atomic mass is 10.2. The first kappa shape index (κ1) is 12.0. The van der Waals surface area contributed by atoms with Crippen LogP contribution in [0, 0.1) is 0 Å². The Hall–Kier alpha value is -1.09. The highest BCUT2D eigenvalue weighted by Crippen LogP contribution is 2.21. The molecule has 1 rings (SSSR count). The molecular formula is C11H14ClNO2. The molecule has 3 nitrogen and oxygen atoms in total. The Bertz CT molecular complexity index is 352. The summed E-state index contributed by atoms with van der Waals surface area (Å²) in [6, 6.07) is 1.63. The highest BCUT2D eigenvalue weighted by Gasteiger charge is 2.10. The van der Waals surface area contributed by atoms with Crippen LogP contribution in [0.2, 0.25) is 5.02 Å². The molecule has 0 bridgehead atoms. The van der Waals surface area contributed by atoms with E-state index in [2.05, 4.69) is 11.9 Å². The molecule has 0 saturated carbocycles. The zero-order valence-electron chi connectivity index (χ0n) is 8.92. The predicted octanol–water partition coefficient (Wildman–Crippen LogP) is 3.12. The lowest BCUT2D eigenvalue weighted by Crippen LogP contribution is -2.04. The van der Waals surface area contributed by atoms with Gasteiger partial charge in [0.2, 0.25) is 0 Å². The Morgan fingerprint density at radius 2 is 2.33 bits per heavy atom. The Labute approximate surface area is 94.4 Å². The third-order valence-electron chi connectivity index (χ3n) is 1.91. The van der Waals surface area contributed by atoms with Crippen molar-refractivity contribution in [2.45, 2.75) is 26.7 Å². The van der Waals surface area contributed by atoms with Crippen LogP contribution in [0.5, 0.6) is 5.75 Å². The van der Waals surface area contributed by atoms with Crippen LogP contribution >= 0.6 is 11.6 Å². The average Bonchev–Trinajstić information content (AvgIpc) is 2.18. The van der Waals surface area contributed by atoms with Gasteiger partial charge in [-0.3, -0.25) is 4.79 Å². The molecule has 15 heavy (non-hydrogen) atoms. The fourth-order valence-electron chi connectivity index (χ4n) is 1.12. The van der Waals surface area contributed by atoms with Crippen molar-refractivity contribution in [3.8, 4) is 5.75 Å². The van der Waals surface area contributed by atoms with Crippen molar-refractivity contribution < 1.29 is 9.53 Å². The summed E-state index contributed by atoms with van der Waals surface area (Å²) in [5, 5.41) is 0.478. The molecule has 1 heterocycles. The molecule has 4 heteroatoms. The van der Waals surface area contributed by atoms with E-state index in [-0.39, 0.29) is 5.78 Å². The number of hydrogen-bond acceptors (Lipinski definition) is 3. The quantitative estimate of drug-likeness (QED) is 0.573. The number of halogens is 1. The molecule has 0 saturated heterocycles.